The van der Waals surface area contributed by atoms with Crippen LogP contribution in [0.1, 0.15) is 19.4 Å². The van der Waals surface area contributed by atoms with E-state index in [2.05, 4.69) is 15.0 Å². The Bertz CT molecular complexity index is 1480. The molecule has 188 valence electrons. The number of aromatic hydroxyl groups is 1. The van der Waals surface area contributed by atoms with Gasteiger partial charge in [-0.1, -0.05) is 13.0 Å². The summed E-state index contributed by atoms with van der Waals surface area (Å²) in [5.74, 6) is -0.924. The molecule has 2 N–H and O–H groups in total. The second kappa shape index (κ2) is 9.11. The minimum Gasteiger partial charge on any atom is -0.508 e. The van der Waals surface area contributed by atoms with Crippen LogP contribution in [0, 0.1) is 11.6 Å². The van der Waals surface area contributed by atoms with Crippen LogP contribution in [0.25, 0.3) is 32.9 Å². The number of aromatic nitrogens is 3. The molecule has 4 aromatic rings. The van der Waals surface area contributed by atoms with Crippen LogP contribution in [0.15, 0.2) is 30.5 Å². The van der Waals surface area contributed by atoms with Gasteiger partial charge in [0, 0.05) is 18.3 Å². The van der Waals surface area contributed by atoms with E-state index in [1.54, 1.807) is 17.9 Å². The van der Waals surface area contributed by atoms with E-state index in [9.17, 15) is 14.6 Å². The van der Waals surface area contributed by atoms with Crippen molar-refractivity contribution in [2.45, 2.75) is 25.9 Å². The average Bonchev–Trinajstić information content (AvgIpc) is 3.03. The number of β-amino-alcohol motifs (C(OH)–C–C–N with tert-alkyl or cyclic N) is 1. The minimum atomic E-state index is -1.14. The Balaban J connectivity index is 1.77. The predicted molar refractivity (Wildman–Crippen MR) is 131 cm³/mol. The van der Waals surface area contributed by atoms with Crippen LogP contribution in [0.3, 0.4) is 0 Å². The van der Waals surface area contributed by atoms with Gasteiger partial charge >= 0.3 is 6.01 Å². The Kier molecular flexibility index (Phi) is 6.09. The van der Waals surface area contributed by atoms with Crippen molar-refractivity contribution in [3.8, 4) is 23.0 Å². The van der Waals surface area contributed by atoms with E-state index in [1.807, 2.05) is 6.92 Å². The number of benzene rings is 2. The average molecular weight is 497 g/mol. The Morgan fingerprint density at radius 3 is 2.78 bits per heavy atom. The van der Waals surface area contributed by atoms with Gasteiger partial charge in [0.2, 0.25) is 0 Å². The Morgan fingerprint density at radius 1 is 1.22 bits per heavy atom. The molecule has 1 saturated heterocycles. The number of phenols is 1. The monoisotopic (exact) mass is 496 g/mol. The fraction of sp³-hybridized carbons (Fsp3) is 0.346. The molecule has 3 heterocycles. The van der Waals surface area contributed by atoms with E-state index in [1.165, 1.54) is 31.5 Å². The Morgan fingerprint density at radius 2 is 2.03 bits per heavy atom. The summed E-state index contributed by atoms with van der Waals surface area (Å²) in [6.45, 7) is 4.57. The summed E-state index contributed by atoms with van der Waals surface area (Å²) in [5.41, 5.74) is -0.615. The molecule has 36 heavy (non-hydrogen) atoms. The second-order valence-corrected chi connectivity index (χ2v) is 9.16. The number of nitrogens with zero attached hydrogens (tertiary/aromatic N) is 4. The maximum atomic E-state index is 16.2. The van der Waals surface area contributed by atoms with Crippen molar-refractivity contribution in [2.75, 3.05) is 38.3 Å². The molecule has 0 bridgehead atoms. The highest BCUT2D eigenvalue weighted by Crippen LogP contribution is 2.39. The summed E-state index contributed by atoms with van der Waals surface area (Å²) in [6, 6.07) is 5.70. The maximum absolute atomic E-state index is 16.2. The predicted octanol–water partition coefficient (Wildman–Crippen LogP) is 3.99. The number of methoxy groups -OCH3 is 1. The molecule has 10 heteroatoms. The van der Waals surface area contributed by atoms with Gasteiger partial charge in [0.25, 0.3) is 0 Å². The van der Waals surface area contributed by atoms with Crippen molar-refractivity contribution in [3.05, 3.63) is 47.7 Å². The minimum absolute atomic E-state index is 0.0439. The van der Waals surface area contributed by atoms with Crippen LogP contribution in [0.5, 0.6) is 11.8 Å². The first-order valence-electron chi connectivity index (χ1n) is 11.6. The first kappa shape index (κ1) is 24.1. The number of hydrogen-bond acceptors (Lipinski definition) is 8. The normalized spacial score (nSPS) is 18.6. The summed E-state index contributed by atoms with van der Waals surface area (Å²) in [5, 5.41) is 22.4. The van der Waals surface area contributed by atoms with Crippen molar-refractivity contribution in [3.63, 3.8) is 0 Å². The van der Waals surface area contributed by atoms with Gasteiger partial charge in [0.1, 0.15) is 34.2 Å². The zero-order valence-corrected chi connectivity index (χ0v) is 20.2. The topological polar surface area (TPSA) is 101 Å². The molecule has 8 nitrogen and oxygen atoms in total. The highest BCUT2D eigenvalue weighted by molar-refractivity contribution is 6.01. The summed E-state index contributed by atoms with van der Waals surface area (Å²) >= 11 is 0. The smallest absolute Gasteiger partial charge is 0.318 e. The number of aliphatic hydroxyl groups is 1. The van der Waals surface area contributed by atoms with Gasteiger partial charge in [-0.25, -0.2) is 8.78 Å². The number of anilines is 1. The van der Waals surface area contributed by atoms with E-state index in [0.717, 1.165) is 0 Å². The van der Waals surface area contributed by atoms with Crippen LogP contribution in [0.2, 0.25) is 0 Å². The summed E-state index contributed by atoms with van der Waals surface area (Å²) < 4.78 is 41.6. The van der Waals surface area contributed by atoms with Gasteiger partial charge in [-0.15, -0.1) is 0 Å². The molecule has 1 atom stereocenters. The highest BCUT2D eigenvalue weighted by atomic mass is 19.1. The molecule has 0 aliphatic carbocycles. The van der Waals surface area contributed by atoms with Crippen LogP contribution >= 0.6 is 0 Å². The Hall–Kier alpha value is -3.63. The molecule has 1 fully saturated rings. The largest absolute Gasteiger partial charge is 0.508 e. The molecule has 0 amide bonds. The number of aryl methyl sites for hydroxylation is 1. The first-order chi connectivity index (χ1) is 17.2. The summed E-state index contributed by atoms with van der Waals surface area (Å²) in [4.78, 5) is 14.9. The molecular weight excluding hydrogens is 470 g/mol. The van der Waals surface area contributed by atoms with Crippen LogP contribution in [-0.4, -0.2) is 64.2 Å². The number of ether oxygens (including phenoxy) is 2. The zero-order chi connectivity index (χ0) is 25.6. The molecule has 1 aliphatic rings. The molecule has 1 aliphatic heterocycles. The number of hydrogen-bond donors (Lipinski definition) is 2. The van der Waals surface area contributed by atoms with Crippen molar-refractivity contribution >= 4 is 27.5 Å². The molecule has 0 radical (unpaired) electrons. The van der Waals surface area contributed by atoms with E-state index in [4.69, 9.17) is 9.47 Å². The third-order valence-corrected chi connectivity index (χ3v) is 6.34. The third-order valence-electron chi connectivity index (χ3n) is 6.34. The Labute approximate surface area is 206 Å². The van der Waals surface area contributed by atoms with Crippen molar-refractivity contribution in [1.82, 2.24) is 15.0 Å². The summed E-state index contributed by atoms with van der Waals surface area (Å²) in [6.07, 6.45) is 1.82. The molecule has 1 unspecified atom stereocenters. The molecule has 5 rings (SSSR count). The second-order valence-electron chi connectivity index (χ2n) is 9.16. The first-order valence-corrected chi connectivity index (χ1v) is 11.6. The van der Waals surface area contributed by atoms with Crippen molar-refractivity contribution in [2.24, 2.45) is 0 Å². The quantitative estimate of drug-likeness (QED) is 0.438. The number of pyridine rings is 1. The van der Waals surface area contributed by atoms with Gasteiger partial charge in [0.05, 0.1) is 32.3 Å². The fourth-order valence-corrected chi connectivity index (χ4v) is 4.76. The molecule has 2 aromatic carbocycles. The third kappa shape index (κ3) is 4.16. The van der Waals surface area contributed by atoms with Crippen LogP contribution in [0.4, 0.5) is 14.6 Å². The van der Waals surface area contributed by atoms with Gasteiger partial charge in [-0.05, 0) is 47.9 Å². The number of fused-ring (bicyclic) bond motifs is 2. The lowest BCUT2D eigenvalue weighted by atomic mass is 9.94. The van der Waals surface area contributed by atoms with Crippen molar-refractivity contribution in [1.29, 1.82) is 0 Å². The van der Waals surface area contributed by atoms with Crippen LogP contribution < -0.4 is 9.64 Å². The highest BCUT2D eigenvalue weighted by Gasteiger charge is 2.30. The SMILES string of the molecule is CCc1c(F)ccc2cc(O)cc(-c3ncc4c(N5CCOCC(C)(O)C5)nc(OC)nc4c3F)c12. The van der Waals surface area contributed by atoms with Gasteiger partial charge in [-0.3, -0.25) is 4.98 Å². The molecule has 2 aromatic heterocycles. The lowest BCUT2D eigenvalue weighted by Gasteiger charge is -2.29. The number of halogens is 2. The summed E-state index contributed by atoms with van der Waals surface area (Å²) in [7, 11) is 1.38. The van der Waals surface area contributed by atoms with E-state index < -0.39 is 17.2 Å². The maximum Gasteiger partial charge on any atom is 0.318 e. The fourth-order valence-electron chi connectivity index (χ4n) is 4.76. The molecular formula is C26H26F2N4O4. The van der Waals surface area contributed by atoms with E-state index >= 15 is 4.39 Å². The van der Waals surface area contributed by atoms with E-state index in [0.29, 0.717) is 47.1 Å². The zero-order valence-electron chi connectivity index (χ0n) is 20.2. The van der Waals surface area contributed by atoms with Gasteiger partial charge < -0.3 is 24.6 Å². The lowest BCUT2D eigenvalue weighted by molar-refractivity contribution is -0.0123. The molecule has 0 spiro atoms. The number of phenolic OH excluding ortho intramolecular Hbond substituents is 1. The van der Waals surface area contributed by atoms with Crippen molar-refractivity contribution < 1.29 is 28.5 Å². The van der Waals surface area contributed by atoms with Gasteiger partial charge in [0.15, 0.2) is 5.82 Å². The lowest BCUT2D eigenvalue weighted by Crippen LogP contribution is -2.42. The van der Waals surface area contributed by atoms with Crippen LogP contribution in [-0.2, 0) is 11.2 Å². The van der Waals surface area contributed by atoms with Gasteiger partial charge in [-0.2, -0.15) is 9.97 Å². The number of rotatable bonds is 4. The standard InChI is InChI=1S/C26H26F2N4O4/c1-4-16-19(27)6-5-14-9-15(33)10-17(20(14)16)22-21(28)23-18(11-29-22)24(31-25(30-23)35-3)32-7-8-36-13-26(2,34)12-32/h5-6,9-11,33-34H,4,7-8,12-13H2,1-3H3. The van der Waals surface area contributed by atoms with E-state index in [-0.39, 0.29) is 41.7 Å². The molecule has 0 saturated carbocycles.